The Balaban J connectivity index is 2.06. The van der Waals surface area contributed by atoms with E-state index in [-0.39, 0.29) is 5.60 Å². The van der Waals surface area contributed by atoms with Crippen molar-refractivity contribution in [2.45, 2.75) is 58.5 Å². The summed E-state index contributed by atoms with van der Waals surface area (Å²) in [5.41, 5.74) is -0.388. The predicted molar refractivity (Wildman–Crippen MR) is 77.5 cm³/mol. The van der Waals surface area contributed by atoms with Crippen LogP contribution in [0, 0.1) is 5.92 Å². The van der Waals surface area contributed by atoms with E-state index in [2.05, 4.69) is 29.3 Å². The number of piperidine rings is 1. The lowest BCUT2D eigenvalue weighted by molar-refractivity contribution is -0.0583. The van der Waals surface area contributed by atoms with Gasteiger partial charge in [-0.25, -0.2) is 0 Å². The minimum Gasteiger partial charge on any atom is -0.367 e. The number of ether oxygens (including phenoxy) is 1. The third kappa shape index (κ3) is 3.38. The van der Waals surface area contributed by atoms with Crippen molar-refractivity contribution in [2.75, 3.05) is 19.7 Å². The van der Waals surface area contributed by atoms with Crippen LogP contribution in [0.1, 0.15) is 58.2 Å². The first-order valence-corrected chi connectivity index (χ1v) is 7.91. The number of hydrogen-bond acceptors (Lipinski definition) is 5. The van der Waals surface area contributed by atoms with E-state index < -0.39 is 0 Å². The monoisotopic (exact) mass is 281 g/mol. The van der Waals surface area contributed by atoms with Crippen LogP contribution in [-0.4, -0.2) is 29.8 Å². The summed E-state index contributed by atoms with van der Waals surface area (Å²) in [7, 11) is 0. The zero-order valence-electron chi connectivity index (χ0n) is 12.9. The van der Waals surface area contributed by atoms with Gasteiger partial charge in [-0.3, -0.25) is 0 Å². The highest BCUT2D eigenvalue weighted by atomic mass is 16.5. The molecule has 5 heteroatoms. The lowest BCUT2D eigenvalue weighted by atomic mass is 9.95. The molecule has 5 nitrogen and oxygen atoms in total. The van der Waals surface area contributed by atoms with Crippen LogP contribution in [0.25, 0.3) is 0 Å². The van der Waals surface area contributed by atoms with E-state index in [0.717, 1.165) is 38.2 Å². The van der Waals surface area contributed by atoms with Gasteiger partial charge in [0, 0.05) is 13.0 Å². The van der Waals surface area contributed by atoms with E-state index in [4.69, 9.17) is 9.26 Å². The van der Waals surface area contributed by atoms with Gasteiger partial charge in [0.1, 0.15) is 5.60 Å². The fraction of sp³-hybridized carbons (Fsp3) is 0.867. The van der Waals surface area contributed by atoms with E-state index >= 15 is 0 Å². The first-order chi connectivity index (χ1) is 9.74. The van der Waals surface area contributed by atoms with Crippen LogP contribution in [0.5, 0.6) is 0 Å². The Bertz CT molecular complexity index is 396. The number of aromatic nitrogens is 2. The van der Waals surface area contributed by atoms with Gasteiger partial charge in [-0.05, 0) is 51.6 Å². The summed E-state index contributed by atoms with van der Waals surface area (Å²) in [4.78, 5) is 4.61. The van der Waals surface area contributed by atoms with Gasteiger partial charge >= 0.3 is 0 Å². The summed E-state index contributed by atoms with van der Waals surface area (Å²) in [6.07, 6.45) is 5.07. The molecule has 2 heterocycles. The summed E-state index contributed by atoms with van der Waals surface area (Å²) >= 11 is 0. The van der Waals surface area contributed by atoms with Crippen LogP contribution in [0.4, 0.5) is 0 Å². The van der Waals surface area contributed by atoms with E-state index in [9.17, 15) is 0 Å². The van der Waals surface area contributed by atoms with Crippen molar-refractivity contribution in [3.05, 3.63) is 11.7 Å². The predicted octanol–water partition coefficient (Wildman–Crippen LogP) is 2.66. The molecule has 20 heavy (non-hydrogen) atoms. The highest BCUT2D eigenvalue weighted by Gasteiger charge is 2.34. The molecule has 114 valence electrons. The number of nitrogens with zero attached hydrogens (tertiary/aromatic N) is 2. The van der Waals surface area contributed by atoms with Gasteiger partial charge in [0.05, 0.1) is 0 Å². The van der Waals surface area contributed by atoms with Crippen molar-refractivity contribution < 1.29 is 9.26 Å². The molecule has 0 bridgehead atoms. The van der Waals surface area contributed by atoms with Crippen molar-refractivity contribution in [3.63, 3.8) is 0 Å². The Labute approximate surface area is 121 Å². The number of rotatable bonds is 7. The summed E-state index contributed by atoms with van der Waals surface area (Å²) < 4.78 is 11.4. The molecule has 0 aliphatic carbocycles. The quantitative estimate of drug-likeness (QED) is 0.832. The molecular weight excluding hydrogens is 254 g/mol. The van der Waals surface area contributed by atoms with Crippen LogP contribution in [0.2, 0.25) is 0 Å². The van der Waals surface area contributed by atoms with Crippen molar-refractivity contribution in [3.8, 4) is 0 Å². The van der Waals surface area contributed by atoms with Gasteiger partial charge < -0.3 is 14.6 Å². The lowest BCUT2D eigenvalue weighted by Crippen LogP contribution is -2.31. The zero-order valence-corrected chi connectivity index (χ0v) is 12.9. The normalized spacial score (nSPS) is 20.2. The number of nitrogens with one attached hydrogen (secondary N) is 1. The molecule has 1 aromatic heterocycles. The van der Waals surface area contributed by atoms with Crippen LogP contribution < -0.4 is 5.32 Å². The Hall–Kier alpha value is -0.940. The fourth-order valence-electron chi connectivity index (χ4n) is 2.98. The molecule has 0 aromatic carbocycles. The van der Waals surface area contributed by atoms with E-state index in [1.54, 1.807) is 0 Å². The van der Waals surface area contributed by atoms with Gasteiger partial charge in [0.15, 0.2) is 0 Å². The zero-order chi connectivity index (χ0) is 14.4. The third-order valence-electron chi connectivity index (χ3n) is 4.30. The van der Waals surface area contributed by atoms with Crippen molar-refractivity contribution in [1.29, 1.82) is 0 Å². The van der Waals surface area contributed by atoms with Gasteiger partial charge in [-0.1, -0.05) is 19.0 Å². The highest BCUT2D eigenvalue weighted by molar-refractivity contribution is 5.01. The second-order valence-corrected chi connectivity index (χ2v) is 5.56. The smallest absolute Gasteiger partial charge is 0.227 e. The van der Waals surface area contributed by atoms with Gasteiger partial charge in [-0.15, -0.1) is 0 Å². The van der Waals surface area contributed by atoms with Gasteiger partial charge in [-0.2, -0.15) is 4.98 Å². The van der Waals surface area contributed by atoms with Crippen LogP contribution in [0.15, 0.2) is 4.52 Å². The van der Waals surface area contributed by atoms with E-state index in [1.807, 2.05) is 6.92 Å². The molecule has 1 aliphatic rings. The molecular formula is C15H27N3O2. The van der Waals surface area contributed by atoms with E-state index in [1.165, 1.54) is 12.8 Å². The maximum atomic E-state index is 5.92. The first-order valence-electron chi connectivity index (χ1n) is 7.91. The van der Waals surface area contributed by atoms with Crippen molar-refractivity contribution in [1.82, 2.24) is 15.5 Å². The Kier molecular flexibility index (Phi) is 5.54. The van der Waals surface area contributed by atoms with Crippen LogP contribution in [0.3, 0.4) is 0 Å². The van der Waals surface area contributed by atoms with Crippen LogP contribution in [-0.2, 0) is 16.8 Å². The fourth-order valence-corrected chi connectivity index (χ4v) is 2.98. The standard InChI is InChI=1S/C15H27N3O2/c1-4-15(5-2,19-6-3)14-17-13(20-18-14)10-12-8-7-9-16-11-12/h12,16H,4-11H2,1-3H3. The largest absolute Gasteiger partial charge is 0.367 e. The molecule has 1 N–H and O–H groups in total. The molecule has 1 aliphatic heterocycles. The van der Waals surface area contributed by atoms with Gasteiger partial charge in [0.2, 0.25) is 11.7 Å². The SMILES string of the molecule is CCOC(CC)(CC)c1noc(CC2CCCNC2)n1. The minimum absolute atomic E-state index is 0.388. The van der Waals surface area contributed by atoms with Crippen molar-refractivity contribution >= 4 is 0 Å². The summed E-state index contributed by atoms with van der Waals surface area (Å²) in [5, 5.41) is 7.60. The lowest BCUT2D eigenvalue weighted by Gasteiger charge is -2.27. The number of hydrogen-bond donors (Lipinski definition) is 1. The Morgan fingerprint density at radius 2 is 2.15 bits per heavy atom. The molecule has 1 unspecified atom stereocenters. The molecule has 0 spiro atoms. The average molecular weight is 281 g/mol. The molecule has 1 fully saturated rings. The molecule has 1 atom stereocenters. The Morgan fingerprint density at radius 3 is 2.75 bits per heavy atom. The minimum atomic E-state index is -0.388. The Morgan fingerprint density at radius 1 is 1.35 bits per heavy atom. The second-order valence-electron chi connectivity index (χ2n) is 5.56. The summed E-state index contributed by atoms with van der Waals surface area (Å²) in [6.45, 7) is 9.08. The second kappa shape index (κ2) is 7.18. The summed E-state index contributed by atoms with van der Waals surface area (Å²) in [5.74, 6) is 2.07. The van der Waals surface area contributed by atoms with E-state index in [0.29, 0.717) is 18.3 Å². The first kappa shape index (κ1) is 15.4. The summed E-state index contributed by atoms with van der Waals surface area (Å²) in [6, 6.07) is 0. The molecule has 1 aromatic rings. The molecule has 1 saturated heterocycles. The maximum absolute atomic E-state index is 5.92. The van der Waals surface area contributed by atoms with Gasteiger partial charge in [0.25, 0.3) is 0 Å². The third-order valence-corrected chi connectivity index (χ3v) is 4.30. The van der Waals surface area contributed by atoms with Crippen LogP contribution >= 0.6 is 0 Å². The topological polar surface area (TPSA) is 60.2 Å². The maximum Gasteiger partial charge on any atom is 0.227 e. The molecule has 0 radical (unpaired) electrons. The molecule has 0 amide bonds. The average Bonchev–Trinajstić information content (AvgIpc) is 2.95. The highest BCUT2D eigenvalue weighted by Crippen LogP contribution is 2.31. The molecule has 2 rings (SSSR count). The van der Waals surface area contributed by atoms with Crippen molar-refractivity contribution in [2.24, 2.45) is 5.92 Å². The molecule has 0 saturated carbocycles.